The zero-order valence-electron chi connectivity index (χ0n) is 14.8. The predicted octanol–water partition coefficient (Wildman–Crippen LogP) is 2.12. The Balaban J connectivity index is 1.44. The summed E-state index contributed by atoms with van der Waals surface area (Å²) in [5.41, 5.74) is 0.564. The Morgan fingerprint density at radius 3 is 3.12 bits per heavy atom. The van der Waals surface area contributed by atoms with Gasteiger partial charge in [-0.15, -0.1) is 11.3 Å². The zero-order chi connectivity index (χ0) is 17.9. The maximum absolute atomic E-state index is 12.9. The van der Waals surface area contributed by atoms with Gasteiger partial charge in [-0.3, -0.25) is 14.7 Å². The topological polar surface area (TPSA) is 54.9 Å². The van der Waals surface area contributed by atoms with Crippen molar-refractivity contribution in [2.75, 3.05) is 39.9 Å². The van der Waals surface area contributed by atoms with Gasteiger partial charge >= 0.3 is 0 Å². The van der Waals surface area contributed by atoms with Crippen LogP contribution in [0, 0.1) is 5.92 Å². The minimum absolute atomic E-state index is 0.00858. The SMILES string of the molecule is COc1cnccc1C(=O)N1C[C@@H]2CN(Cc3cccs3)CCO[C@@H]2C1. The smallest absolute Gasteiger partial charge is 0.257 e. The summed E-state index contributed by atoms with van der Waals surface area (Å²) in [7, 11) is 1.56. The lowest BCUT2D eigenvalue weighted by Crippen LogP contribution is -2.33. The summed E-state index contributed by atoms with van der Waals surface area (Å²) in [6.07, 6.45) is 3.32. The first-order valence-electron chi connectivity index (χ1n) is 8.88. The largest absolute Gasteiger partial charge is 0.494 e. The molecule has 26 heavy (non-hydrogen) atoms. The number of hydrogen-bond acceptors (Lipinski definition) is 6. The molecule has 2 aromatic heterocycles. The van der Waals surface area contributed by atoms with Crippen LogP contribution in [0.15, 0.2) is 36.0 Å². The van der Waals surface area contributed by atoms with E-state index in [-0.39, 0.29) is 12.0 Å². The lowest BCUT2D eigenvalue weighted by Gasteiger charge is -2.23. The van der Waals surface area contributed by atoms with E-state index in [0.717, 1.165) is 26.2 Å². The number of fused-ring (bicyclic) bond motifs is 1. The van der Waals surface area contributed by atoms with E-state index in [1.54, 1.807) is 36.9 Å². The van der Waals surface area contributed by atoms with E-state index >= 15 is 0 Å². The number of thiophene rings is 1. The number of carbonyl (C=O) groups is 1. The molecule has 2 saturated heterocycles. The quantitative estimate of drug-likeness (QED) is 0.822. The molecule has 4 rings (SSSR count). The second-order valence-corrected chi connectivity index (χ2v) is 7.80. The van der Waals surface area contributed by atoms with Gasteiger partial charge in [0.25, 0.3) is 5.91 Å². The number of methoxy groups -OCH3 is 1. The normalized spacial score (nSPS) is 23.5. The fourth-order valence-corrected chi connectivity index (χ4v) is 4.53. The monoisotopic (exact) mass is 373 g/mol. The summed E-state index contributed by atoms with van der Waals surface area (Å²) in [6, 6.07) is 5.99. The molecule has 0 saturated carbocycles. The van der Waals surface area contributed by atoms with Gasteiger partial charge in [-0.2, -0.15) is 0 Å². The van der Waals surface area contributed by atoms with E-state index in [9.17, 15) is 4.79 Å². The summed E-state index contributed by atoms with van der Waals surface area (Å²) >= 11 is 1.79. The molecule has 6 nitrogen and oxygen atoms in total. The number of pyridine rings is 1. The maximum atomic E-state index is 12.9. The average Bonchev–Trinajstić information content (AvgIpc) is 3.27. The first kappa shape index (κ1) is 17.5. The van der Waals surface area contributed by atoms with Gasteiger partial charge in [0.05, 0.1) is 31.6 Å². The van der Waals surface area contributed by atoms with Crippen LogP contribution >= 0.6 is 11.3 Å². The van der Waals surface area contributed by atoms with Crippen molar-refractivity contribution in [3.63, 3.8) is 0 Å². The van der Waals surface area contributed by atoms with Crippen LogP contribution in [-0.2, 0) is 11.3 Å². The van der Waals surface area contributed by atoms with Crippen LogP contribution in [0.2, 0.25) is 0 Å². The van der Waals surface area contributed by atoms with Crippen molar-refractivity contribution in [3.8, 4) is 5.75 Å². The molecule has 0 aromatic carbocycles. The number of ether oxygens (including phenoxy) is 2. The summed E-state index contributed by atoms with van der Waals surface area (Å²) in [6.45, 7) is 4.93. The van der Waals surface area contributed by atoms with Gasteiger partial charge in [0, 0.05) is 49.7 Å². The maximum Gasteiger partial charge on any atom is 0.257 e. The van der Waals surface area contributed by atoms with Crippen LogP contribution in [0.3, 0.4) is 0 Å². The van der Waals surface area contributed by atoms with Crippen molar-refractivity contribution in [3.05, 3.63) is 46.4 Å². The highest BCUT2D eigenvalue weighted by Crippen LogP contribution is 2.28. The van der Waals surface area contributed by atoms with Crippen molar-refractivity contribution in [1.29, 1.82) is 0 Å². The highest BCUT2D eigenvalue weighted by atomic mass is 32.1. The average molecular weight is 373 g/mol. The van der Waals surface area contributed by atoms with Crippen LogP contribution < -0.4 is 4.74 Å². The number of hydrogen-bond donors (Lipinski definition) is 0. The van der Waals surface area contributed by atoms with Crippen molar-refractivity contribution in [2.45, 2.75) is 12.6 Å². The fraction of sp³-hybridized carbons (Fsp3) is 0.474. The Morgan fingerprint density at radius 1 is 1.38 bits per heavy atom. The number of likely N-dealkylation sites (tertiary alicyclic amines) is 1. The van der Waals surface area contributed by atoms with Crippen molar-refractivity contribution in [1.82, 2.24) is 14.8 Å². The number of nitrogens with zero attached hydrogens (tertiary/aromatic N) is 3. The molecule has 2 atom stereocenters. The summed E-state index contributed by atoms with van der Waals surface area (Å²) in [4.78, 5) is 22.7. The Bertz CT molecular complexity index is 752. The van der Waals surface area contributed by atoms with Crippen LogP contribution in [0.25, 0.3) is 0 Å². The Morgan fingerprint density at radius 2 is 2.31 bits per heavy atom. The molecular formula is C19H23N3O3S. The molecule has 0 aliphatic carbocycles. The van der Waals surface area contributed by atoms with Gasteiger partial charge in [0.1, 0.15) is 5.75 Å². The molecule has 2 aromatic rings. The molecule has 2 aliphatic rings. The van der Waals surface area contributed by atoms with Crippen LogP contribution in [0.1, 0.15) is 15.2 Å². The van der Waals surface area contributed by atoms with Crippen molar-refractivity contribution in [2.24, 2.45) is 5.92 Å². The third-order valence-electron chi connectivity index (χ3n) is 5.09. The van der Waals surface area contributed by atoms with Crippen LogP contribution in [-0.4, -0.2) is 66.7 Å². The molecule has 7 heteroatoms. The molecule has 0 unspecified atom stereocenters. The Hall–Kier alpha value is -1.96. The third-order valence-corrected chi connectivity index (χ3v) is 5.96. The van der Waals surface area contributed by atoms with Gasteiger partial charge in [-0.05, 0) is 17.5 Å². The highest BCUT2D eigenvalue weighted by molar-refractivity contribution is 7.09. The van der Waals surface area contributed by atoms with Gasteiger partial charge in [-0.1, -0.05) is 6.07 Å². The standard InChI is InChI=1S/C19H23N3O3S/c1-24-17-9-20-5-4-16(17)19(23)22-11-14-10-21(6-7-25-18(14)13-22)12-15-3-2-8-26-15/h2-5,8-9,14,18H,6-7,10-13H2,1H3/t14-,18+/m0/s1. The van der Waals surface area contributed by atoms with Crippen molar-refractivity contribution < 1.29 is 14.3 Å². The molecule has 0 spiro atoms. The van der Waals surface area contributed by atoms with Gasteiger partial charge in [0.15, 0.2) is 0 Å². The molecule has 1 amide bonds. The number of aromatic nitrogens is 1. The molecule has 138 valence electrons. The molecule has 2 aliphatic heterocycles. The minimum Gasteiger partial charge on any atom is -0.494 e. The van der Waals surface area contributed by atoms with E-state index < -0.39 is 0 Å². The fourth-order valence-electron chi connectivity index (χ4n) is 3.78. The van der Waals surface area contributed by atoms with Crippen LogP contribution in [0.5, 0.6) is 5.75 Å². The zero-order valence-corrected chi connectivity index (χ0v) is 15.7. The number of rotatable bonds is 4. The Labute approximate surface area is 157 Å². The van der Waals surface area contributed by atoms with Crippen LogP contribution in [0.4, 0.5) is 0 Å². The number of carbonyl (C=O) groups excluding carboxylic acids is 1. The molecule has 0 radical (unpaired) electrons. The Kier molecular flexibility index (Phi) is 5.19. The lowest BCUT2D eigenvalue weighted by molar-refractivity contribution is 0.0483. The first-order chi connectivity index (χ1) is 12.7. The van der Waals surface area contributed by atoms with Gasteiger partial charge in [-0.25, -0.2) is 0 Å². The van der Waals surface area contributed by atoms with E-state index in [1.807, 2.05) is 4.90 Å². The highest BCUT2D eigenvalue weighted by Gasteiger charge is 2.39. The second kappa shape index (κ2) is 7.73. The van der Waals surface area contributed by atoms with Crippen molar-refractivity contribution >= 4 is 17.2 Å². The predicted molar refractivity (Wildman–Crippen MR) is 99.5 cm³/mol. The molecule has 0 N–H and O–H groups in total. The molecular weight excluding hydrogens is 350 g/mol. The lowest BCUT2D eigenvalue weighted by atomic mass is 10.1. The summed E-state index contributed by atoms with van der Waals surface area (Å²) in [5, 5.41) is 2.12. The van der Waals surface area contributed by atoms with Gasteiger partial charge in [0.2, 0.25) is 0 Å². The molecule has 4 heterocycles. The third kappa shape index (κ3) is 3.60. The first-order valence-corrected chi connectivity index (χ1v) is 9.76. The van der Waals surface area contributed by atoms with E-state index in [4.69, 9.17) is 9.47 Å². The summed E-state index contributed by atoms with van der Waals surface area (Å²) in [5.74, 6) is 0.852. The van der Waals surface area contributed by atoms with E-state index in [2.05, 4.69) is 27.4 Å². The molecule has 2 fully saturated rings. The molecule has 0 bridgehead atoms. The van der Waals surface area contributed by atoms with Gasteiger partial charge < -0.3 is 14.4 Å². The summed E-state index contributed by atoms with van der Waals surface area (Å²) < 4.78 is 11.4. The number of amides is 1. The van der Waals surface area contributed by atoms with E-state index in [0.29, 0.717) is 30.4 Å². The second-order valence-electron chi connectivity index (χ2n) is 6.77. The minimum atomic E-state index is -0.00858. The van der Waals surface area contributed by atoms with E-state index in [1.165, 1.54) is 4.88 Å².